The average Bonchev–Trinajstić information content (AvgIpc) is 2.54. The van der Waals surface area contributed by atoms with Crippen LogP contribution in [0.15, 0.2) is 24.3 Å². The van der Waals surface area contributed by atoms with E-state index in [-0.39, 0.29) is 11.8 Å². The van der Waals surface area contributed by atoms with Crippen molar-refractivity contribution in [3.05, 3.63) is 29.8 Å². The Bertz CT molecular complexity index is 561. The monoisotopic (exact) mass is 304 g/mol. The Balaban J connectivity index is 2.16. The van der Waals surface area contributed by atoms with Crippen molar-refractivity contribution in [2.45, 2.75) is 26.2 Å². The Morgan fingerprint density at radius 1 is 1.05 bits per heavy atom. The van der Waals surface area contributed by atoms with Gasteiger partial charge in [-0.05, 0) is 19.9 Å². The minimum atomic E-state index is -0.662. The Kier molecular flexibility index (Phi) is 4.74. The zero-order chi connectivity index (χ0) is 16.3. The second kappa shape index (κ2) is 6.38. The fraction of sp³-hybridized carbons (Fsp3) is 0.529. The highest BCUT2D eigenvalue weighted by molar-refractivity contribution is 5.88. The van der Waals surface area contributed by atoms with Gasteiger partial charge < -0.3 is 14.5 Å². The summed E-state index contributed by atoms with van der Waals surface area (Å²) in [7, 11) is 1.62. The summed E-state index contributed by atoms with van der Waals surface area (Å²) in [6.45, 7) is 7.77. The standard InChI is InChI=1S/C17H24N2O3/c1-13(20)18-9-11-19(12-10-18)16(21)17(2,3)14-7-5-6-8-15(14)22-4/h5-8H,9-12H2,1-4H3. The molecule has 1 aliphatic heterocycles. The van der Waals surface area contributed by atoms with Gasteiger partial charge in [0.1, 0.15) is 5.75 Å². The molecule has 0 atom stereocenters. The molecule has 5 heteroatoms. The molecule has 1 aromatic carbocycles. The summed E-state index contributed by atoms with van der Waals surface area (Å²) in [5.41, 5.74) is 0.224. The summed E-state index contributed by atoms with van der Waals surface area (Å²) in [4.78, 5) is 27.9. The summed E-state index contributed by atoms with van der Waals surface area (Å²) in [5, 5.41) is 0. The largest absolute Gasteiger partial charge is 0.496 e. The van der Waals surface area contributed by atoms with Crippen LogP contribution >= 0.6 is 0 Å². The number of ether oxygens (including phenoxy) is 1. The number of carbonyl (C=O) groups excluding carboxylic acids is 2. The SMILES string of the molecule is COc1ccccc1C(C)(C)C(=O)N1CCN(C(C)=O)CC1. The van der Waals surface area contributed by atoms with Gasteiger partial charge in [-0.15, -0.1) is 0 Å². The van der Waals surface area contributed by atoms with Gasteiger partial charge in [-0.25, -0.2) is 0 Å². The molecule has 1 heterocycles. The lowest BCUT2D eigenvalue weighted by Crippen LogP contribution is -2.54. The smallest absolute Gasteiger partial charge is 0.232 e. The van der Waals surface area contributed by atoms with E-state index in [0.29, 0.717) is 26.2 Å². The van der Waals surface area contributed by atoms with Gasteiger partial charge in [-0.1, -0.05) is 18.2 Å². The molecule has 22 heavy (non-hydrogen) atoms. The average molecular weight is 304 g/mol. The molecule has 1 aromatic rings. The van der Waals surface area contributed by atoms with E-state index in [2.05, 4.69) is 0 Å². The summed E-state index contributed by atoms with van der Waals surface area (Å²) in [6, 6.07) is 7.62. The minimum Gasteiger partial charge on any atom is -0.496 e. The number of hydrogen-bond donors (Lipinski definition) is 0. The summed E-state index contributed by atoms with van der Waals surface area (Å²) in [6.07, 6.45) is 0. The number of nitrogens with zero attached hydrogens (tertiary/aromatic N) is 2. The molecule has 1 saturated heterocycles. The predicted octanol–water partition coefficient (Wildman–Crippen LogP) is 1.66. The zero-order valence-corrected chi connectivity index (χ0v) is 13.8. The van der Waals surface area contributed by atoms with Gasteiger partial charge >= 0.3 is 0 Å². The quantitative estimate of drug-likeness (QED) is 0.853. The second-order valence-corrected chi connectivity index (χ2v) is 6.12. The number of hydrogen-bond acceptors (Lipinski definition) is 3. The van der Waals surface area contributed by atoms with Crippen LogP contribution in [0.3, 0.4) is 0 Å². The molecule has 0 saturated carbocycles. The number of methoxy groups -OCH3 is 1. The Morgan fingerprint density at radius 2 is 1.59 bits per heavy atom. The molecule has 1 fully saturated rings. The van der Waals surface area contributed by atoms with E-state index in [4.69, 9.17) is 4.74 Å². The maximum atomic E-state index is 12.9. The first kappa shape index (κ1) is 16.3. The third-order valence-electron chi connectivity index (χ3n) is 4.33. The van der Waals surface area contributed by atoms with E-state index in [0.717, 1.165) is 11.3 Å². The molecule has 0 bridgehead atoms. The molecule has 2 rings (SSSR count). The Morgan fingerprint density at radius 3 is 2.14 bits per heavy atom. The number of para-hydroxylation sites is 1. The van der Waals surface area contributed by atoms with Crippen molar-refractivity contribution in [3.63, 3.8) is 0 Å². The summed E-state index contributed by atoms with van der Waals surface area (Å²) < 4.78 is 5.39. The van der Waals surface area contributed by atoms with Crippen LogP contribution in [0.5, 0.6) is 5.75 Å². The first-order valence-electron chi connectivity index (χ1n) is 7.56. The Hall–Kier alpha value is -2.04. The fourth-order valence-electron chi connectivity index (χ4n) is 2.90. The van der Waals surface area contributed by atoms with Crippen LogP contribution in [0.25, 0.3) is 0 Å². The Labute approximate surface area is 131 Å². The maximum Gasteiger partial charge on any atom is 0.232 e. The fourth-order valence-corrected chi connectivity index (χ4v) is 2.90. The topological polar surface area (TPSA) is 49.9 Å². The van der Waals surface area contributed by atoms with Gasteiger partial charge in [0.25, 0.3) is 0 Å². The van der Waals surface area contributed by atoms with E-state index in [1.165, 1.54) is 0 Å². The van der Waals surface area contributed by atoms with Gasteiger partial charge in [0, 0.05) is 38.7 Å². The van der Waals surface area contributed by atoms with Gasteiger partial charge in [-0.3, -0.25) is 9.59 Å². The van der Waals surface area contributed by atoms with E-state index in [1.807, 2.05) is 43.0 Å². The molecule has 1 aliphatic rings. The van der Waals surface area contributed by atoms with Crippen molar-refractivity contribution in [1.82, 2.24) is 9.80 Å². The van der Waals surface area contributed by atoms with Crippen molar-refractivity contribution in [2.24, 2.45) is 0 Å². The molecule has 0 spiro atoms. The van der Waals surface area contributed by atoms with Crippen LogP contribution in [0.4, 0.5) is 0 Å². The maximum absolute atomic E-state index is 12.9. The van der Waals surface area contributed by atoms with Gasteiger partial charge in [0.15, 0.2) is 0 Å². The lowest BCUT2D eigenvalue weighted by atomic mass is 9.82. The van der Waals surface area contributed by atoms with E-state index >= 15 is 0 Å². The normalized spacial score (nSPS) is 15.6. The number of piperazine rings is 1. The van der Waals surface area contributed by atoms with Crippen LogP contribution < -0.4 is 4.74 Å². The van der Waals surface area contributed by atoms with Crippen LogP contribution in [0.1, 0.15) is 26.3 Å². The molecule has 0 aliphatic carbocycles. The molecule has 0 aromatic heterocycles. The summed E-state index contributed by atoms with van der Waals surface area (Å²) >= 11 is 0. The van der Waals surface area contributed by atoms with E-state index in [1.54, 1.807) is 18.9 Å². The van der Waals surface area contributed by atoms with Gasteiger partial charge in [0.2, 0.25) is 11.8 Å². The molecule has 0 radical (unpaired) electrons. The highest BCUT2D eigenvalue weighted by atomic mass is 16.5. The second-order valence-electron chi connectivity index (χ2n) is 6.12. The number of amides is 2. The van der Waals surface area contributed by atoms with Crippen molar-refractivity contribution in [1.29, 1.82) is 0 Å². The van der Waals surface area contributed by atoms with E-state index in [9.17, 15) is 9.59 Å². The number of rotatable bonds is 3. The minimum absolute atomic E-state index is 0.0658. The zero-order valence-electron chi connectivity index (χ0n) is 13.8. The van der Waals surface area contributed by atoms with Crippen LogP contribution in [0.2, 0.25) is 0 Å². The molecular weight excluding hydrogens is 280 g/mol. The van der Waals surface area contributed by atoms with E-state index < -0.39 is 5.41 Å². The lowest BCUT2D eigenvalue weighted by Gasteiger charge is -2.38. The highest BCUT2D eigenvalue weighted by Crippen LogP contribution is 2.33. The molecular formula is C17H24N2O3. The molecule has 2 amide bonds. The molecule has 120 valence electrons. The first-order valence-corrected chi connectivity index (χ1v) is 7.56. The third-order valence-corrected chi connectivity index (χ3v) is 4.33. The van der Waals surface area contributed by atoms with Crippen LogP contribution in [-0.4, -0.2) is 54.9 Å². The van der Waals surface area contributed by atoms with Crippen LogP contribution in [-0.2, 0) is 15.0 Å². The first-order chi connectivity index (χ1) is 10.4. The van der Waals surface area contributed by atoms with Crippen molar-refractivity contribution in [3.8, 4) is 5.75 Å². The van der Waals surface area contributed by atoms with Gasteiger partial charge in [0.05, 0.1) is 12.5 Å². The van der Waals surface area contributed by atoms with Crippen molar-refractivity contribution in [2.75, 3.05) is 33.3 Å². The van der Waals surface area contributed by atoms with Crippen molar-refractivity contribution >= 4 is 11.8 Å². The van der Waals surface area contributed by atoms with Crippen molar-refractivity contribution < 1.29 is 14.3 Å². The number of carbonyl (C=O) groups is 2. The van der Waals surface area contributed by atoms with Crippen LogP contribution in [0, 0.1) is 0 Å². The molecule has 5 nitrogen and oxygen atoms in total. The highest BCUT2D eigenvalue weighted by Gasteiger charge is 2.37. The summed E-state index contributed by atoms with van der Waals surface area (Å²) in [5.74, 6) is 0.861. The number of benzene rings is 1. The third kappa shape index (κ3) is 3.08. The lowest BCUT2D eigenvalue weighted by molar-refractivity contribution is -0.141. The molecule has 0 unspecified atom stereocenters. The molecule has 0 N–H and O–H groups in total. The van der Waals surface area contributed by atoms with Gasteiger partial charge in [-0.2, -0.15) is 0 Å². The predicted molar refractivity (Wildman–Crippen MR) is 84.9 cm³/mol.